The number of benzene rings is 2. The first-order valence-corrected chi connectivity index (χ1v) is 9.27. The molecule has 2 aromatic rings. The Morgan fingerprint density at radius 1 is 1.00 bits per heavy atom. The summed E-state index contributed by atoms with van der Waals surface area (Å²) in [6, 6.07) is 11.0. The number of hydrogen-bond donors (Lipinski definition) is 2. The van der Waals surface area contributed by atoms with Gasteiger partial charge in [0.15, 0.2) is 6.61 Å². The number of halogens is 1. The zero-order chi connectivity index (χ0) is 19.1. The number of amides is 2. The van der Waals surface area contributed by atoms with Crippen molar-refractivity contribution in [3.8, 4) is 5.75 Å². The molecule has 0 spiro atoms. The summed E-state index contributed by atoms with van der Waals surface area (Å²) in [6.45, 7) is 5.74. The number of hydrogen-bond acceptors (Lipinski definition) is 3. The average Bonchev–Trinajstić information content (AvgIpc) is 2.54. The van der Waals surface area contributed by atoms with Gasteiger partial charge in [0.05, 0.1) is 0 Å². The highest BCUT2D eigenvalue weighted by atomic mass is 79.9. The first-order valence-electron chi connectivity index (χ1n) is 8.48. The van der Waals surface area contributed by atoms with Crippen molar-refractivity contribution < 1.29 is 14.3 Å². The monoisotopic (exact) mass is 418 g/mol. The van der Waals surface area contributed by atoms with E-state index >= 15 is 0 Å². The normalized spacial score (nSPS) is 10.3. The van der Waals surface area contributed by atoms with Crippen molar-refractivity contribution in [1.29, 1.82) is 0 Å². The van der Waals surface area contributed by atoms with Gasteiger partial charge in [0, 0.05) is 22.3 Å². The number of aryl methyl sites for hydroxylation is 2. The summed E-state index contributed by atoms with van der Waals surface area (Å²) < 4.78 is 6.66. The van der Waals surface area contributed by atoms with Gasteiger partial charge in [-0.2, -0.15) is 0 Å². The van der Waals surface area contributed by atoms with Crippen molar-refractivity contribution >= 4 is 39.1 Å². The van der Waals surface area contributed by atoms with Gasteiger partial charge in [0.25, 0.3) is 5.91 Å². The van der Waals surface area contributed by atoms with E-state index in [1.54, 1.807) is 24.3 Å². The van der Waals surface area contributed by atoms with E-state index in [4.69, 9.17) is 4.74 Å². The highest BCUT2D eigenvalue weighted by molar-refractivity contribution is 9.10. The third-order valence-electron chi connectivity index (χ3n) is 3.68. The standard InChI is InChI=1S/C20H23BrN2O3/c1-4-6-18(24)22-16-7-5-8-17(11-16)23-19(25)12-26-20-13(2)9-15(21)10-14(20)3/h5,7-11H,4,6,12H2,1-3H3,(H,22,24)(H,23,25). The van der Waals surface area contributed by atoms with Gasteiger partial charge in [0.2, 0.25) is 5.91 Å². The number of carbonyl (C=O) groups excluding carboxylic acids is 2. The van der Waals surface area contributed by atoms with Gasteiger partial charge in [-0.3, -0.25) is 9.59 Å². The van der Waals surface area contributed by atoms with E-state index in [9.17, 15) is 9.59 Å². The molecule has 0 aliphatic rings. The Labute approximate surface area is 162 Å². The SMILES string of the molecule is CCCC(=O)Nc1cccc(NC(=O)COc2c(C)cc(Br)cc2C)c1. The first kappa shape index (κ1) is 20.0. The lowest BCUT2D eigenvalue weighted by Gasteiger charge is -2.13. The second-order valence-electron chi connectivity index (χ2n) is 6.08. The fourth-order valence-corrected chi connectivity index (χ4v) is 3.27. The van der Waals surface area contributed by atoms with E-state index in [1.165, 1.54) is 0 Å². The molecular weight excluding hydrogens is 396 g/mol. The van der Waals surface area contributed by atoms with Gasteiger partial charge in [-0.25, -0.2) is 0 Å². The Morgan fingerprint density at radius 2 is 1.58 bits per heavy atom. The molecular formula is C20H23BrN2O3. The molecule has 2 rings (SSSR count). The zero-order valence-electron chi connectivity index (χ0n) is 15.2. The highest BCUT2D eigenvalue weighted by Gasteiger charge is 2.09. The van der Waals surface area contributed by atoms with Gasteiger partial charge in [-0.1, -0.05) is 28.9 Å². The first-order chi connectivity index (χ1) is 12.4. The van der Waals surface area contributed by atoms with Crippen LogP contribution in [0.5, 0.6) is 5.75 Å². The maximum absolute atomic E-state index is 12.2. The van der Waals surface area contributed by atoms with E-state index < -0.39 is 0 Å². The quantitative estimate of drug-likeness (QED) is 0.676. The van der Waals surface area contributed by atoms with Gasteiger partial charge in [-0.05, 0) is 61.7 Å². The smallest absolute Gasteiger partial charge is 0.262 e. The van der Waals surface area contributed by atoms with Crippen LogP contribution < -0.4 is 15.4 Å². The molecule has 5 nitrogen and oxygen atoms in total. The molecule has 0 aromatic heterocycles. The topological polar surface area (TPSA) is 67.4 Å². The van der Waals surface area contributed by atoms with Crippen LogP contribution in [0, 0.1) is 13.8 Å². The lowest BCUT2D eigenvalue weighted by Crippen LogP contribution is -2.21. The molecule has 0 saturated heterocycles. The van der Waals surface area contributed by atoms with Crippen LogP contribution in [0.2, 0.25) is 0 Å². The van der Waals surface area contributed by atoms with Crippen LogP contribution in [0.25, 0.3) is 0 Å². The molecule has 2 N–H and O–H groups in total. The summed E-state index contributed by atoms with van der Waals surface area (Å²) in [5, 5.41) is 5.59. The number of rotatable bonds is 7. The third-order valence-corrected chi connectivity index (χ3v) is 4.14. The molecule has 0 unspecified atom stereocenters. The number of anilines is 2. The fourth-order valence-electron chi connectivity index (χ4n) is 2.59. The number of ether oxygens (including phenoxy) is 1. The lowest BCUT2D eigenvalue weighted by atomic mass is 10.1. The van der Waals surface area contributed by atoms with Gasteiger partial charge in [0.1, 0.15) is 5.75 Å². The number of nitrogens with one attached hydrogen (secondary N) is 2. The number of carbonyl (C=O) groups is 2. The van der Waals surface area contributed by atoms with Gasteiger partial charge >= 0.3 is 0 Å². The van der Waals surface area contributed by atoms with Crippen molar-refractivity contribution in [3.63, 3.8) is 0 Å². The summed E-state index contributed by atoms with van der Waals surface area (Å²) in [6.07, 6.45) is 1.25. The molecule has 0 aliphatic carbocycles. The van der Waals surface area contributed by atoms with E-state index in [0.717, 1.165) is 22.0 Å². The molecule has 0 saturated carbocycles. The Hall–Kier alpha value is -2.34. The van der Waals surface area contributed by atoms with Crippen molar-refractivity contribution in [2.45, 2.75) is 33.6 Å². The largest absolute Gasteiger partial charge is 0.483 e. The average molecular weight is 419 g/mol. The molecule has 0 radical (unpaired) electrons. The molecule has 26 heavy (non-hydrogen) atoms. The van der Waals surface area contributed by atoms with Crippen LogP contribution in [-0.4, -0.2) is 18.4 Å². The molecule has 0 atom stereocenters. The molecule has 138 valence electrons. The highest BCUT2D eigenvalue weighted by Crippen LogP contribution is 2.27. The van der Waals surface area contributed by atoms with Gasteiger partial charge in [-0.15, -0.1) is 0 Å². The van der Waals surface area contributed by atoms with E-state index in [-0.39, 0.29) is 18.4 Å². The van der Waals surface area contributed by atoms with Crippen molar-refractivity contribution in [3.05, 3.63) is 52.0 Å². The second-order valence-corrected chi connectivity index (χ2v) is 7.00. The summed E-state index contributed by atoms with van der Waals surface area (Å²) in [4.78, 5) is 23.8. The maximum Gasteiger partial charge on any atom is 0.262 e. The Morgan fingerprint density at radius 3 is 2.15 bits per heavy atom. The Balaban J connectivity index is 1.95. The maximum atomic E-state index is 12.2. The van der Waals surface area contributed by atoms with Crippen LogP contribution in [0.1, 0.15) is 30.9 Å². The van der Waals surface area contributed by atoms with Crippen LogP contribution in [0.3, 0.4) is 0 Å². The van der Waals surface area contributed by atoms with E-state index in [0.29, 0.717) is 23.5 Å². The molecule has 0 aliphatic heterocycles. The molecule has 0 heterocycles. The lowest BCUT2D eigenvalue weighted by molar-refractivity contribution is -0.118. The minimum atomic E-state index is -0.260. The molecule has 6 heteroatoms. The summed E-state index contributed by atoms with van der Waals surface area (Å²) in [7, 11) is 0. The molecule has 2 amide bonds. The van der Waals surface area contributed by atoms with Crippen LogP contribution in [0.15, 0.2) is 40.9 Å². The molecule has 0 bridgehead atoms. The molecule has 2 aromatic carbocycles. The van der Waals surface area contributed by atoms with Crippen LogP contribution in [0.4, 0.5) is 11.4 Å². The van der Waals surface area contributed by atoms with Crippen LogP contribution in [-0.2, 0) is 9.59 Å². The minimum absolute atomic E-state index is 0.0412. The van der Waals surface area contributed by atoms with Crippen molar-refractivity contribution in [1.82, 2.24) is 0 Å². The summed E-state index contributed by atoms with van der Waals surface area (Å²) in [5.74, 6) is 0.410. The van der Waals surface area contributed by atoms with Crippen molar-refractivity contribution in [2.75, 3.05) is 17.2 Å². The third kappa shape index (κ3) is 5.88. The Kier molecular flexibility index (Phi) is 7.21. The zero-order valence-corrected chi connectivity index (χ0v) is 16.8. The predicted octanol–water partition coefficient (Wildman–Crippen LogP) is 4.82. The van der Waals surface area contributed by atoms with Crippen molar-refractivity contribution in [2.24, 2.45) is 0 Å². The fraction of sp³-hybridized carbons (Fsp3) is 0.300. The van der Waals surface area contributed by atoms with Crippen LogP contribution >= 0.6 is 15.9 Å². The van der Waals surface area contributed by atoms with Gasteiger partial charge < -0.3 is 15.4 Å². The second kappa shape index (κ2) is 9.38. The predicted molar refractivity (Wildman–Crippen MR) is 108 cm³/mol. The van der Waals surface area contributed by atoms with E-state index in [1.807, 2.05) is 32.9 Å². The minimum Gasteiger partial charge on any atom is -0.483 e. The van der Waals surface area contributed by atoms with E-state index in [2.05, 4.69) is 26.6 Å². The summed E-state index contributed by atoms with van der Waals surface area (Å²) >= 11 is 3.44. The summed E-state index contributed by atoms with van der Waals surface area (Å²) in [5.41, 5.74) is 3.19. The molecule has 0 fully saturated rings. The Bertz CT molecular complexity index is 782.